The number of ether oxygens (including phenoxy) is 2. The molecule has 134 valence electrons. The van der Waals surface area contributed by atoms with Gasteiger partial charge in [0.05, 0.1) is 18.6 Å². The van der Waals surface area contributed by atoms with Crippen LogP contribution in [0.1, 0.15) is 19.4 Å². The first-order valence-electron chi connectivity index (χ1n) is 8.58. The monoisotopic (exact) mass is 334 g/mol. The van der Waals surface area contributed by atoms with Gasteiger partial charge in [0.1, 0.15) is 5.75 Å². The zero-order valence-electron chi connectivity index (χ0n) is 15.5. The van der Waals surface area contributed by atoms with Gasteiger partial charge in [-0.05, 0) is 31.5 Å². The molecule has 1 saturated heterocycles. The van der Waals surface area contributed by atoms with E-state index in [0.29, 0.717) is 6.61 Å². The maximum Gasteiger partial charge on any atom is 0.226 e. The van der Waals surface area contributed by atoms with Crippen LogP contribution in [0, 0.1) is 11.8 Å². The number of rotatable bonds is 7. The molecule has 1 aliphatic rings. The van der Waals surface area contributed by atoms with Crippen molar-refractivity contribution in [2.24, 2.45) is 11.8 Å². The normalized spacial score (nSPS) is 21.2. The molecule has 0 N–H and O–H groups in total. The Kier molecular flexibility index (Phi) is 6.63. The standard InChI is InChI=1S/C19H30N2O3/c1-14(2)24-17-8-6-15(7-9-17)10-21-11-16(13-23-5)18(12-21)19(22)20(3)4/h6-9,14,16,18H,10-13H2,1-5H3/t16-,18+/m0/s1. The van der Waals surface area contributed by atoms with E-state index in [9.17, 15) is 4.79 Å². The van der Waals surface area contributed by atoms with Crippen LogP contribution < -0.4 is 4.74 Å². The molecule has 0 saturated carbocycles. The number of methoxy groups -OCH3 is 1. The first-order valence-corrected chi connectivity index (χ1v) is 8.58. The lowest BCUT2D eigenvalue weighted by molar-refractivity contribution is -0.134. The number of likely N-dealkylation sites (tertiary alicyclic amines) is 1. The first-order chi connectivity index (χ1) is 11.4. The molecular formula is C19H30N2O3. The molecule has 5 nitrogen and oxygen atoms in total. The van der Waals surface area contributed by atoms with Gasteiger partial charge in [-0.2, -0.15) is 0 Å². The maximum absolute atomic E-state index is 12.4. The molecule has 0 spiro atoms. The SMILES string of the molecule is COC[C@@H]1CN(Cc2ccc(OC(C)C)cc2)C[C@H]1C(=O)N(C)C. The lowest BCUT2D eigenvalue weighted by atomic mass is 9.96. The van der Waals surface area contributed by atoms with Gasteiger partial charge in [-0.3, -0.25) is 9.69 Å². The summed E-state index contributed by atoms with van der Waals surface area (Å²) in [5, 5.41) is 0. The van der Waals surface area contributed by atoms with Crippen molar-refractivity contribution in [1.29, 1.82) is 0 Å². The molecule has 1 aliphatic heterocycles. The number of amides is 1. The minimum atomic E-state index is 0.0171. The highest BCUT2D eigenvalue weighted by atomic mass is 16.5. The van der Waals surface area contributed by atoms with E-state index in [0.717, 1.165) is 25.4 Å². The van der Waals surface area contributed by atoms with Crippen molar-refractivity contribution in [3.05, 3.63) is 29.8 Å². The summed E-state index contributed by atoms with van der Waals surface area (Å²) in [6, 6.07) is 8.23. The molecule has 0 bridgehead atoms. The number of nitrogens with zero attached hydrogens (tertiary/aromatic N) is 2. The highest BCUT2D eigenvalue weighted by Crippen LogP contribution is 2.27. The molecular weight excluding hydrogens is 304 g/mol. The molecule has 0 aromatic heterocycles. The summed E-state index contributed by atoms with van der Waals surface area (Å²) < 4.78 is 11.0. The fourth-order valence-electron chi connectivity index (χ4n) is 3.29. The molecule has 5 heteroatoms. The number of carbonyl (C=O) groups excluding carboxylic acids is 1. The third-order valence-electron chi connectivity index (χ3n) is 4.36. The molecule has 24 heavy (non-hydrogen) atoms. The Bertz CT molecular complexity index is 528. The second-order valence-corrected chi connectivity index (χ2v) is 7.06. The average Bonchev–Trinajstić information content (AvgIpc) is 2.90. The third-order valence-corrected chi connectivity index (χ3v) is 4.36. The van der Waals surface area contributed by atoms with E-state index >= 15 is 0 Å². The van der Waals surface area contributed by atoms with Crippen LogP contribution >= 0.6 is 0 Å². The van der Waals surface area contributed by atoms with Gasteiger partial charge in [0, 0.05) is 46.8 Å². The van der Waals surface area contributed by atoms with Crippen molar-refractivity contribution in [2.45, 2.75) is 26.5 Å². The summed E-state index contributed by atoms with van der Waals surface area (Å²) in [5.74, 6) is 1.37. The van der Waals surface area contributed by atoms with Gasteiger partial charge in [-0.25, -0.2) is 0 Å². The molecule has 1 amide bonds. The molecule has 0 radical (unpaired) electrons. The lowest BCUT2D eigenvalue weighted by Gasteiger charge is -2.20. The predicted molar refractivity (Wildman–Crippen MR) is 95.0 cm³/mol. The molecule has 0 unspecified atom stereocenters. The third kappa shape index (κ3) is 4.95. The summed E-state index contributed by atoms with van der Waals surface area (Å²) in [6.07, 6.45) is 0.182. The number of carbonyl (C=O) groups is 1. The first kappa shape index (κ1) is 18.7. The van der Waals surface area contributed by atoms with Crippen LogP contribution in [-0.4, -0.2) is 62.7 Å². The molecule has 2 atom stereocenters. The second kappa shape index (κ2) is 8.49. The van der Waals surface area contributed by atoms with Gasteiger partial charge in [-0.15, -0.1) is 0 Å². The van der Waals surface area contributed by atoms with E-state index in [4.69, 9.17) is 9.47 Å². The van der Waals surface area contributed by atoms with E-state index in [1.165, 1.54) is 5.56 Å². The van der Waals surface area contributed by atoms with Gasteiger partial charge < -0.3 is 14.4 Å². The summed E-state index contributed by atoms with van der Waals surface area (Å²) in [6.45, 7) is 7.20. The minimum Gasteiger partial charge on any atom is -0.491 e. The topological polar surface area (TPSA) is 42.0 Å². The molecule has 1 aromatic rings. The Balaban J connectivity index is 1.98. The van der Waals surface area contributed by atoms with Crippen molar-refractivity contribution in [3.63, 3.8) is 0 Å². The Morgan fingerprint density at radius 3 is 2.46 bits per heavy atom. The van der Waals surface area contributed by atoms with Crippen LogP contribution in [0.5, 0.6) is 5.75 Å². The second-order valence-electron chi connectivity index (χ2n) is 7.06. The van der Waals surface area contributed by atoms with Gasteiger partial charge >= 0.3 is 0 Å². The van der Waals surface area contributed by atoms with E-state index in [-0.39, 0.29) is 23.8 Å². The highest BCUT2D eigenvalue weighted by molar-refractivity contribution is 5.79. The molecule has 1 aromatic carbocycles. The Morgan fingerprint density at radius 2 is 1.92 bits per heavy atom. The lowest BCUT2D eigenvalue weighted by Crippen LogP contribution is -2.35. The Hall–Kier alpha value is -1.59. The number of benzene rings is 1. The summed E-state index contributed by atoms with van der Waals surface area (Å²) in [5.41, 5.74) is 1.24. The average molecular weight is 334 g/mol. The maximum atomic E-state index is 12.4. The van der Waals surface area contributed by atoms with Crippen molar-refractivity contribution in [2.75, 3.05) is 40.9 Å². The molecule has 1 fully saturated rings. The summed E-state index contributed by atoms with van der Waals surface area (Å²) >= 11 is 0. The number of hydrogen-bond donors (Lipinski definition) is 0. The number of hydrogen-bond acceptors (Lipinski definition) is 4. The van der Waals surface area contributed by atoms with Crippen LogP contribution in [0.25, 0.3) is 0 Å². The van der Waals surface area contributed by atoms with Crippen LogP contribution in [0.2, 0.25) is 0 Å². The van der Waals surface area contributed by atoms with Gasteiger partial charge in [0.15, 0.2) is 0 Å². The van der Waals surface area contributed by atoms with Crippen LogP contribution in [0.4, 0.5) is 0 Å². The molecule has 0 aliphatic carbocycles. The molecule has 2 rings (SSSR count). The van der Waals surface area contributed by atoms with Crippen LogP contribution in [0.3, 0.4) is 0 Å². The predicted octanol–water partition coefficient (Wildman–Crippen LogP) is 2.26. The minimum absolute atomic E-state index is 0.0171. The fraction of sp³-hybridized carbons (Fsp3) is 0.632. The van der Waals surface area contributed by atoms with E-state index in [1.54, 1.807) is 12.0 Å². The van der Waals surface area contributed by atoms with Crippen molar-refractivity contribution in [3.8, 4) is 5.75 Å². The van der Waals surface area contributed by atoms with E-state index in [1.807, 2.05) is 40.1 Å². The summed E-state index contributed by atoms with van der Waals surface area (Å²) in [7, 11) is 5.35. The van der Waals surface area contributed by atoms with Gasteiger partial charge in [0.25, 0.3) is 0 Å². The highest BCUT2D eigenvalue weighted by Gasteiger charge is 2.38. The summed E-state index contributed by atoms with van der Waals surface area (Å²) in [4.78, 5) is 16.4. The van der Waals surface area contributed by atoms with Crippen molar-refractivity contribution in [1.82, 2.24) is 9.80 Å². The van der Waals surface area contributed by atoms with Crippen LogP contribution in [-0.2, 0) is 16.1 Å². The molecule has 1 heterocycles. The zero-order valence-corrected chi connectivity index (χ0v) is 15.5. The van der Waals surface area contributed by atoms with E-state index < -0.39 is 0 Å². The van der Waals surface area contributed by atoms with Crippen LogP contribution in [0.15, 0.2) is 24.3 Å². The van der Waals surface area contributed by atoms with Gasteiger partial charge in [0.2, 0.25) is 5.91 Å². The zero-order chi connectivity index (χ0) is 17.7. The smallest absolute Gasteiger partial charge is 0.226 e. The largest absolute Gasteiger partial charge is 0.491 e. The van der Waals surface area contributed by atoms with Gasteiger partial charge in [-0.1, -0.05) is 12.1 Å². The fourth-order valence-corrected chi connectivity index (χ4v) is 3.29. The Morgan fingerprint density at radius 1 is 1.25 bits per heavy atom. The van der Waals surface area contributed by atoms with Crippen molar-refractivity contribution < 1.29 is 14.3 Å². The Labute approximate surface area is 145 Å². The quantitative estimate of drug-likeness (QED) is 0.767. The van der Waals surface area contributed by atoms with Crippen molar-refractivity contribution >= 4 is 5.91 Å². The van der Waals surface area contributed by atoms with E-state index in [2.05, 4.69) is 17.0 Å².